The predicted molar refractivity (Wildman–Crippen MR) is 81.1 cm³/mol. The van der Waals surface area contributed by atoms with Crippen molar-refractivity contribution in [1.29, 1.82) is 0 Å². The molecule has 2 fully saturated rings. The van der Waals surface area contributed by atoms with Gasteiger partial charge >= 0.3 is 16.2 Å². The van der Waals surface area contributed by atoms with E-state index < -0.39 is 16.2 Å². The van der Waals surface area contributed by atoms with Gasteiger partial charge in [-0.2, -0.15) is 12.7 Å². The molecule has 1 aliphatic heterocycles. The maximum absolute atomic E-state index is 12.2. The molecule has 2 aliphatic rings. The van der Waals surface area contributed by atoms with Crippen molar-refractivity contribution in [1.82, 2.24) is 19.2 Å². The summed E-state index contributed by atoms with van der Waals surface area (Å²) >= 11 is 0. The van der Waals surface area contributed by atoms with Gasteiger partial charge in [-0.15, -0.1) is 0 Å². The summed E-state index contributed by atoms with van der Waals surface area (Å²) in [6.45, 7) is 5.26. The molecule has 7 nitrogen and oxygen atoms in total. The van der Waals surface area contributed by atoms with Crippen LogP contribution < -0.4 is 10.0 Å². The van der Waals surface area contributed by atoms with Crippen LogP contribution in [0.4, 0.5) is 4.79 Å². The van der Waals surface area contributed by atoms with Crippen LogP contribution in [0.25, 0.3) is 0 Å². The van der Waals surface area contributed by atoms with Crippen LogP contribution in [0.2, 0.25) is 0 Å². The quantitative estimate of drug-likeness (QED) is 0.791. The molecule has 2 amide bonds. The highest BCUT2D eigenvalue weighted by Gasteiger charge is 2.28. The van der Waals surface area contributed by atoms with Crippen molar-refractivity contribution < 1.29 is 13.2 Å². The highest BCUT2D eigenvalue weighted by Crippen LogP contribution is 2.17. The fourth-order valence-electron chi connectivity index (χ4n) is 2.93. The van der Waals surface area contributed by atoms with Gasteiger partial charge in [0, 0.05) is 32.2 Å². The fourth-order valence-corrected chi connectivity index (χ4v) is 4.00. The Hall–Kier alpha value is -0.860. The molecule has 1 heterocycles. The van der Waals surface area contributed by atoms with Crippen LogP contribution >= 0.6 is 0 Å². The number of piperazine rings is 1. The van der Waals surface area contributed by atoms with Gasteiger partial charge in [0.15, 0.2) is 0 Å². The lowest BCUT2D eigenvalue weighted by Crippen LogP contribution is -2.55. The molecule has 0 unspecified atom stereocenters. The molecule has 2 rings (SSSR count). The molecule has 122 valence electrons. The first-order valence-corrected chi connectivity index (χ1v) is 9.26. The molecule has 8 heteroatoms. The van der Waals surface area contributed by atoms with E-state index in [1.54, 1.807) is 0 Å². The Labute approximate surface area is 127 Å². The first-order chi connectivity index (χ1) is 10.0. The Morgan fingerprint density at radius 1 is 1.10 bits per heavy atom. The molecule has 0 aromatic carbocycles. The predicted octanol–water partition coefficient (Wildman–Crippen LogP) is 0.501. The van der Waals surface area contributed by atoms with Crippen molar-refractivity contribution >= 4 is 16.2 Å². The summed E-state index contributed by atoms with van der Waals surface area (Å²) in [7, 11) is -3.72. The van der Waals surface area contributed by atoms with Crippen LogP contribution in [0.3, 0.4) is 0 Å². The average molecular weight is 318 g/mol. The third kappa shape index (κ3) is 4.82. The van der Waals surface area contributed by atoms with Crippen molar-refractivity contribution in [2.75, 3.05) is 32.7 Å². The minimum absolute atomic E-state index is 0.103. The highest BCUT2D eigenvalue weighted by atomic mass is 32.2. The van der Waals surface area contributed by atoms with E-state index in [0.29, 0.717) is 26.2 Å². The number of likely N-dealkylation sites (N-methyl/N-ethyl adjacent to an activating group) is 1. The van der Waals surface area contributed by atoms with Crippen molar-refractivity contribution in [3.05, 3.63) is 0 Å². The number of rotatable bonds is 4. The summed E-state index contributed by atoms with van der Waals surface area (Å²) < 4.78 is 27.8. The smallest absolute Gasteiger partial charge is 0.329 e. The molecular formula is C13H26N4O3S. The summed E-state index contributed by atoms with van der Waals surface area (Å²) in [5.41, 5.74) is 0. The molecule has 0 aromatic rings. The number of carbonyl (C=O) groups is 1. The zero-order chi connectivity index (χ0) is 15.3. The van der Waals surface area contributed by atoms with Crippen LogP contribution in [0.5, 0.6) is 0 Å². The van der Waals surface area contributed by atoms with Crippen molar-refractivity contribution in [2.45, 2.75) is 45.1 Å². The molecule has 1 saturated carbocycles. The highest BCUT2D eigenvalue weighted by molar-refractivity contribution is 7.87. The Morgan fingerprint density at radius 2 is 1.71 bits per heavy atom. The number of urea groups is 1. The fraction of sp³-hybridized carbons (Fsp3) is 0.923. The lowest BCUT2D eigenvalue weighted by molar-refractivity contribution is 0.194. The van der Waals surface area contributed by atoms with Gasteiger partial charge in [-0.25, -0.2) is 9.52 Å². The minimum Gasteiger partial charge on any atom is -0.335 e. The molecule has 1 saturated heterocycles. The number of hydrogen-bond acceptors (Lipinski definition) is 4. The molecule has 0 aromatic heterocycles. The molecule has 21 heavy (non-hydrogen) atoms. The van der Waals surface area contributed by atoms with Crippen molar-refractivity contribution in [3.63, 3.8) is 0 Å². The molecule has 0 bridgehead atoms. The van der Waals surface area contributed by atoms with Crippen molar-refractivity contribution in [3.8, 4) is 0 Å². The third-order valence-corrected chi connectivity index (χ3v) is 5.77. The topological polar surface area (TPSA) is 81.8 Å². The van der Waals surface area contributed by atoms with Crippen LogP contribution in [0.1, 0.15) is 39.0 Å². The molecule has 0 spiro atoms. The number of amides is 2. The first-order valence-electron chi connectivity index (χ1n) is 7.82. The van der Waals surface area contributed by atoms with E-state index in [9.17, 15) is 13.2 Å². The van der Waals surface area contributed by atoms with E-state index in [-0.39, 0.29) is 6.04 Å². The molecular weight excluding hydrogens is 292 g/mol. The minimum atomic E-state index is -3.72. The summed E-state index contributed by atoms with van der Waals surface area (Å²) in [6, 6.07) is -0.495. The first kappa shape index (κ1) is 16.5. The summed E-state index contributed by atoms with van der Waals surface area (Å²) in [6.07, 6.45) is 5.25. The zero-order valence-corrected chi connectivity index (χ0v) is 13.5. The van der Waals surface area contributed by atoms with Gasteiger partial charge in [0.05, 0.1) is 0 Å². The van der Waals surface area contributed by atoms with E-state index in [0.717, 1.165) is 32.2 Å². The van der Waals surface area contributed by atoms with E-state index in [1.165, 1.54) is 10.7 Å². The van der Waals surface area contributed by atoms with Crippen LogP contribution in [0, 0.1) is 0 Å². The second-order valence-corrected chi connectivity index (χ2v) is 7.42. The molecule has 0 radical (unpaired) electrons. The van der Waals surface area contributed by atoms with Gasteiger partial charge in [-0.1, -0.05) is 26.2 Å². The number of nitrogens with one attached hydrogen (secondary N) is 2. The van der Waals surface area contributed by atoms with Crippen LogP contribution in [-0.4, -0.2) is 62.4 Å². The summed E-state index contributed by atoms with van der Waals surface area (Å²) in [4.78, 5) is 14.0. The Balaban J connectivity index is 1.81. The Morgan fingerprint density at radius 3 is 2.29 bits per heavy atom. The van der Waals surface area contributed by atoms with E-state index in [1.807, 2.05) is 0 Å². The van der Waals surface area contributed by atoms with Gasteiger partial charge in [-0.3, -0.25) is 0 Å². The molecule has 1 aliphatic carbocycles. The second-order valence-electron chi connectivity index (χ2n) is 5.75. The van der Waals surface area contributed by atoms with Crippen LogP contribution in [-0.2, 0) is 10.2 Å². The largest absolute Gasteiger partial charge is 0.335 e. The standard InChI is InChI=1S/C13H26N4O3S/c1-2-16-8-10-17(11-9-16)21(19,20)15-13(18)14-12-6-4-3-5-7-12/h12H,2-11H2,1H3,(H2,14,15,18). The van der Waals surface area contributed by atoms with Gasteiger partial charge in [0.25, 0.3) is 0 Å². The van der Waals surface area contributed by atoms with Gasteiger partial charge in [-0.05, 0) is 19.4 Å². The van der Waals surface area contributed by atoms with Crippen LogP contribution in [0.15, 0.2) is 0 Å². The lowest BCUT2D eigenvalue weighted by atomic mass is 9.96. The van der Waals surface area contributed by atoms with E-state index in [4.69, 9.17) is 0 Å². The summed E-state index contributed by atoms with van der Waals surface area (Å²) in [5, 5.41) is 2.77. The molecule has 2 N–H and O–H groups in total. The second kappa shape index (κ2) is 7.42. The SMILES string of the molecule is CCN1CCN(S(=O)(=O)NC(=O)NC2CCCCC2)CC1. The third-order valence-electron chi connectivity index (χ3n) is 4.28. The maximum atomic E-state index is 12.2. The zero-order valence-electron chi connectivity index (χ0n) is 12.7. The monoisotopic (exact) mass is 318 g/mol. The van der Waals surface area contributed by atoms with E-state index >= 15 is 0 Å². The maximum Gasteiger partial charge on any atom is 0.329 e. The Bertz CT molecular complexity index is 440. The Kier molecular flexibility index (Phi) is 5.83. The number of nitrogens with zero attached hydrogens (tertiary/aromatic N) is 2. The van der Waals surface area contributed by atoms with E-state index in [2.05, 4.69) is 21.9 Å². The van der Waals surface area contributed by atoms with Gasteiger partial charge in [0.1, 0.15) is 0 Å². The average Bonchev–Trinajstić information content (AvgIpc) is 2.47. The number of hydrogen-bond donors (Lipinski definition) is 2. The normalized spacial score (nSPS) is 22.9. The number of carbonyl (C=O) groups excluding carboxylic acids is 1. The lowest BCUT2D eigenvalue weighted by Gasteiger charge is -2.33. The summed E-state index contributed by atoms with van der Waals surface area (Å²) in [5.74, 6) is 0. The molecule has 0 atom stereocenters. The van der Waals surface area contributed by atoms with Crippen molar-refractivity contribution in [2.24, 2.45) is 0 Å². The van der Waals surface area contributed by atoms with Gasteiger partial charge < -0.3 is 10.2 Å². The van der Waals surface area contributed by atoms with Gasteiger partial charge in [0.2, 0.25) is 0 Å².